The second kappa shape index (κ2) is 10.2. The number of phenolic OH excluding ortho intramolecular Hbond substituents is 2. The van der Waals surface area contributed by atoms with Crippen LogP contribution in [-0.4, -0.2) is 28.6 Å². The van der Waals surface area contributed by atoms with E-state index < -0.39 is 0 Å². The van der Waals surface area contributed by atoms with Crippen molar-refractivity contribution >= 4 is 23.9 Å². The Bertz CT molecular complexity index is 778. The second-order valence-corrected chi connectivity index (χ2v) is 7.02. The van der Waals surface area contributed by atoms with E-state index in [2.05, 4.69) is 0 Å². The van der Waals surface area contributed by atoms with Crippen LogP contribution in [0.3, 0.4) is 0 Å². The van der Waals surface area contributed by atoms with E-state index >= 15 is 0 Å². The Kier molecular flexibility index (Phi) is 8.57. The second-order valence-electron chi connectivity index (χ2n) is 6.64. The highest BCUT2D eigenvalue weighted by molar-refractivity contribution is 6.33. The van der Waals surface area contributed by atoms with Crippen LogP contribution in [0, 0.1) is 6.92 Å². The minimum atomic E-state index is -0.308. The molecule has 5 nitrogen and oxygen atoms in total. The van der Waals surface area contributed by atoms with Crippen molar-refractivity contribution < 1.29 is 24.5 Å². The van der Waals surface area contributed by atoms with Crippen molar-refractivity contribution in [1.82, 2.24) is 0 Å². The molecule has 2 N–H and O–H groups in total. The van der Waals surface area contributed by atoms with Crippen molar-refractivity contribution in [2.75, 3.05) is 0 Å². The fraction of sp³-hybridized carbons (Fsp3) is 0.429. The van der Waals surface area contributed by atoms with Gasteiger partial charge in [-0.3, -0.25) is 9.59 Å². The van der Waals surface area contributed by atoms with Gasteiger partial charge in [-0.2, -0.15) is 0 Å². The quantitative estimate of drug-likeness (QED) is 0.366. The fourth-order valence-corrected chi connectivity index (χ4v) is 2.85. The Balaban J connectivity index is 2.82. The number of carbonyl (C=O) groups excluding carboxylic acids is 2. The summed E-state index contributed by atoms with van der Waals surface area (Å²) < 4.78 is 5.13. The monoisotopic (exact) mass is 394 g/mol. The summed E-state index contributed by atoms with van der Waals surface area (Å²) in [5.74, 6) is -0.746. The first-order chi connectivity index (χ1) is 12.6. The molecule has 0 aliphatic carbocycles. The lowest BCUT2D eigenvalue weighted by Crippen LogP contribution is -2.13. The maximum atomic E-state index is 11.2. The van der Waals surface area contributed by atoms with Crippen LogP contribution in [0.5, 0.6) is 11.5 Å². The van der Waals surface area contributed by atoms with E-state index in [1.807, 2.05) is 32.9 Å². The first-order valence-corrected chi connectivity index (χ1v) is 9.15. The summed E-state index contributed by atoms with van der Waals surface area (Å²) in [5.41, 5.74) is 2.73. The molecule has 0 saturated heterocycles. The molecule has 1 unspecified atom stereocenters. The molecule has 0 fully saturated rings. The molecule has 0 spiro atoms. The molecule has 0 heterocycles. The highest BCUT2D eigenvalue weighted by Crippen LogP contribution is 2.40. The lowest BCUT2D eigenvalue weighted by atomic mass is 9.99. The van der Waals surface area contributed by atoms with Crippen LogP contribution in [-0.2, 0) is 16.0 Å². The summed E-state index contributed by atoms with van der Waals surface area (Å²) >= 11 is 6.05. The summed E-state index contributed by atoms with van der Waals surface area (Å²) in [6.45, 7) is 8.64. The minimum Gasteiger partial charge on any atom is -0.507 e. The lowest BCUT2D eigenvalue weighted by Gasteiger charge is -2.13. The van der Waals surface area contributed by atoms with Crippen LogP contribution in [0.1, 0.15) is 62.0 Å². The van der Waals surface area contributed by atoms with Gasteiger partial charge >= 0.3 is 5.97 Å². The molecular formula is C21H27ClO5. The fourth-order valence-electron chi connectivity index (χ4n) is 2.63. The summed E-state index contributed by atoms with van der Waals surface area (Å²) in [7, 11) is 0. The molecule has 0 aliphatic heterocycles. The van der Waals surface area contributed by atoms with E-state index in [0.29, 0.717) is 11.8 Å². The van der Waals surface area contributed by atoms with Crippen LogP contribution >= 0.6 is 11.6 Å². The molecule has 1 aromatic carbocycles. The highest BCUT2D eigenvalue weighted by atomic mass is 35.5. The van der Waals surface area contributed by atoms with Crippen LogP contribution < -0.4 is 0 Å². The van der Waals surface area contributed by atoms with Gasteiger partial charge in [-0.25, -0.2) is 0 Å². The largest absolute Gasteiger partial charge is 0.507 e. The predicted molar refractivity (Wildman–Crippen MR) is 107 cm³/mol. The van der Waals surface area contributed by atoms with Gasteiger partial charge in [0, 0.05) is 12.5 Å². The van der Waals surface area contributed by atoms with Crippen molar-refractivity contribution in [3.8, 4) is 11.5 Å². The predicted octanol–water partition coefficient (Wildman–Crippen LogP) is 5.04. The number of benzene rings is 1. The minimum absolute atomic E-state index is 0.0778. The van der Waals surface area contributed by atoms with Crippen molar-refractivity contribution in [2.24, 2.45) is 0 Å². The molecule has 27 heavy (non-hydrogen) atoms. The smallest absolute Gasteiger partial charge is 0.303 e. The Labute approximate surface area is 165 Å². The van der Waals surface area contributed by atoms with Gasteiger partial charge in [-0.1, -0.05) is 29.3 Å². The van der Waals surface area contributed by atoms with Crippen LogP contribution in [0.25, 0.3) is 0 Å². The standard InChI is InChI=1S/C21H27ClO5/c1-12(7-6-8-13(2)15(4)27-16(5)24)9-10-17-20(25)18(11-23)14(3)19(22)21(17)26/h8-9,11,15,25-26H,6-7,10H2,1-5H3/b12-9+,13-8+. The van der Waals surface area contributed by atoms with Gasteiger partial charge in [0.15, 0.2) is 6.29 Å². The van der Waals surface area contributed by atoms with Crippen LogP contribution in [0.2, 0.25) is 5.02 Å². The van der Waals surface area contributed by atoms with E-state index in [-0.39, 0.29) is 46.1 Å². The third kappa shape index (κ3) is 6.14. The number of allylic oxidation sites excluding steroid dienone is 3. The van der Waals surface area contributed by atoms with Gasteiger partial charge in [0.2, 0.25) is 0 Å². The topological polar surface area (TPSA) is 83.8 Å². The Morgan fingerprint density at radius 3 is 2.37 bits per heavy atom. The molecule has 0 saturated carbocycles. The number of hydrogen-bond acceptors (Lipinski definition) is 5. The third-order valence-corrected chi connectivity index (χ3v) is 4.99. The zero-order valence-electron chi connectivity index (χ0n) is 16.4. The van der Waals surface area contributed by atoms with E-state index in [0.717, 1.165) is 24.0 Å². The first-order valence-electron chi connectivity index (χ1n) is 8.77. The SMILES string of the molecule is CC(=O)OC(C)/C(C)=C/CC/C(C)=C/Cc1c(O)c(Cl)c(C)c(C=O)c1O. The summed E-state index contributed by atoms with van der Waals surface area (Å²) in [6, 6.07) is 0. The van der Waals surface area contributed by atoms with E-state index in [4.69, 9.17) is 16.3 Å². The number of aromatic hydroxyl groups is 2. The number of aldehydes is 1. The van der Waals surface area contributed by atoms with Gasteiger partial charge in [-0.15, -0.1) is 0 Å². The van der Waals surface area contributed by atoms with E-state index in [9.17, 15) is 19.8 Å². The zero-order valence-corrected chi connectivity index (χ0v) is 17.2. The van der Waals surface area contributed by atoms with Gasteiger partial charge < -0.3 is 14.9 Å². The third-order valence-electron chi connectivity index (χ3n) is 4.53. The molecule has 1 atom stereocenters. The molecule has 0 bridgehead atoms. The van der Waals surface area contributed by atoms with Crippen molar-refractivity contribution in [1.29, 1.82) is 0 Å². The average Bonchev–Trinajstić information content (AvgIpc) is 2.59. The molecule has 148 valence electrons. The highest BCUT2D eigenvalue weighted by Gasteiger charge is 2.19. The summed E-state index contributed by atoms with van der Waals surface area (Å²) in [5, 5.41) is 20.5. The number of phenols is 2. The number of hydrogen-bond donors (Lipinski definition) is 2. The van der Waals surface area contributed by atoms with Crippen LogP contribution in [0.4, 0.5) is 0 Å². The molecular weight excluding hydrogens is 368 g/mol. The van der Waals surface area contributed by atoms with Crippen molar-refractivity contribution in [3.05, 3.63) is 45.0 Å². The van der Waals surface area contributed by atoms with Crippen LogP contribution in [0.15, 0.2) is 23.3 Å². The Hall–Kier alpha value is -2.27. The average molecular weight is 395 g/mol. The molecule has 1 aromatic rings. The number of esters is 1. The van der Waals surface area contributed by atoms with Crippen molar-refractivity contribution in [2.45, 2.75) is 60.0 Å². The Morgan fingerprint density at radius 1 is 1.19 bits per heavy atom. The number of carbonyl (C=O) groups is 2. The first kappa shape index (κ1) is 22.8. The summed E-state index contributed by atoms with van der Waals surface area (Å²) in [6.07, 6.45) is 5.99. The summed E-state index contributed by atoms with van der Waals surface area (Å²) in [4.78, 5) is 22.2. The van der Waals surface area contributed by atoms with Gasteiger partial charge in [0.1, 0.15) is 17.6 Å². The maximum Gasteiger partial charge on any atom is 0.303 e. The molecule has 0 amide bonds. The van der Waals surface area contributed by atoms with E-state index in [1.165, 1.54) is 6.92 Å². The Morgan fingerprint density at radius 2 is 1.81 bits per heavy atom. The zero-order chi connectivity index (χ0) is 20.7. The molecule has 0 aromatic heterocycles. The molecule has 1 rings (SSSR count). The van der Waals surface area contributed by atoms with Gasteiger partial charge in [-0.05, 0) is 58.1 Å². The molecule has 0 radical (unpaired) electrons. The number of ether oxygens (including phenoxy) is 1. The molecule has 6 heteroatoms. The van der Waals surface area contributed by atoms with Gasteiger partial charge in [0.25, 0.3) is 0 Å². The normalized spacial score (nSPS) is 13.4. The van der Waals surface area contributed by atoms with E-state index in [1.54, 1.807) is 6.92 Å². The van der Waals surface area contributed by atoms with Gasteiger partial charge in [0.05, 0.1) is 10.6 Å². The number of rotatable bonds is 8. The lowest BCUT2D eigenvalue weighted by molar-refractivity contribution is -0.143. The maximum absolute atomic E-state index is 11.2. The van der Waals surface area contributed by atoms with Crippen molar-refractivity contribution in [3.63, 3.8) is 0 Å². The molecule has 0 aliphatic rings. The number of halogens is 1.